The second-order valence-corrected chi connectivity index (χ2v) is 9.74. The van der Waals surface area contributed by atoms with Crippen molar-refractivity contribution in [2.24, 2.45) is 0 Å². The number of nitrogens with one attached hydrogen (secondary N) is 1. The SMILES string of the molecule is COc1nc(N[C@@H]2CCN(C3(C)COC3)CC2(C)F)nn2cc(F)c(-c3cnc4nccn4c3)c12. The number of alkyl halides is 1. The summed E-state index contributed by atoms with van der Waals surface area (Å²) in [5, 5.41) is 7.56. The number of halogens is 2. The van der Waals surface area contributed by atoms with Gasteiger partial charge in [-0.25, -0.2) is 23.3 Å². The number of rotatable bonds is 5. The molecule has 0 aromatic carbocycles. The molecule has 184 valence electrons. The number of hydrogen-bond donors (Lipinski definition) is 1. The lowest BCUT2D eigenvalue weighted by molar-refractivity contribution is -0.151. The normalized spacial score (nSPS) is 24.5. The summed E-state index contributed by atoms with van der Waals surface area (Å²) in [6.07, 6.45) is 8.44. The van der Waals surface area contributed by atoms with E-state index in [0.29, 0.717) is 36.5 Å². The van der Waals surface area contributed by atoms with Crippen LogP contribution in [-0.2, 0) is 4.74 Å². The lowest BCUT2D eigenvalue weighted by Crippen LogP contribution is -2.67. The first kappa shape index (κ1) is 22.1. The van der Waals surface area contributed by atoms with E-state index in [2.05, 4.69) is 37.2 Å². The van der Waals surface area contributed by atoms with Crippen molar-refractivity contribution in [3.8, 4) is 17.0 Å². The minimum absolute atomic E-state index is 0.120. The summed E-state index contributed by atoms with van der Waals surface area (Å²) >= 11 is 0. The molecule has 35 heavy (non-hydrogen) atoms. The van der Waals surface area contributed by atoms with E-state index in [1.54, 1.807) is 36.1 Å². The molecule has 2 fully saturated rings. The van der Waals surface area contributed by atoms with E-state index in [0.717, 1.165) is 6.54 Å². The highest BCUT2D eigenvalue weighted by molar-refractivity contribution is 5.84. The van der Waals surface area contributed by atoms with Crippen molar-refractivity contribution < 1.29 is 18.3 Å². The zero-order valence-corrected chi connectivity index (χ0v) is 19.7. The van der Waals surface area contributed by atoms with Gasteiger partial charge in [-0.3, -0.25) is 9.30 Å². The zero-order chi connectivity index (χ0) is 24.4. The van der Waals surface area contributed by atoms with Crippen molar-refractivity contribution in [1.29, 1.82) is 0 Å². The summed E-state index contributed by atoms with van der Waals surface area (Å²) < 4.78 is 44.8. The largest absolute Gasteiger partial charge is 0.479 e. The van der Waals surface area contributed by atoms with Crippen molar-refractivity contribution in [2.75, 3.05) is 38.7 Å². The van der Waals surface area contributed by atoms with E-state index in [9.17, 15) is 0 Å². The first-order valence-electron chi connectivity index (χ1n) is 11.5. The number of hydrogen-bond acceptors (Lipinski definition) is 8. The van der Waals surface area contributed by atoms with Crippen LogP contribution >= 0.6 is 0 Å². The maximum absolute atomic E-state index is 15.7. The molecule has 2 atom stereocenters. The summed E-state index contributed by atoms with van der Waals surface area (Å²) in [6.45, 7) is 5.91. The number of aromatic nitrogens is 6. The fourth-order valence-electron chi connectivity index (χ4n) is 5.01. The van der Waals surface area contributed by atoms with Gasteiger partial charge in [-0.05, 0) is 20.3 Å². The zero-order valence-electron chi connectivity index (χ0n) is 19.7. The molecule has 2 aliphatic heterocycles. The highest BCUT2D eigenvalue weighted by Gasteiger charge is 2.48. The number of imidazole rings is 1. The van der Waals surface area contributed by atoms with Crippen LogP contribution in [0.5, 0.6) is 5.88 Å². The van der Waals surface area contributed by atoms with Crippen LogP contribution in [0.4, 0.5) is 14.7 Å². The van der Waals surface area contributed by atoms with Gasteiger partial charge in [0.05, 0.1) is 43.7 Å². The van der Waals surface area contributed by atoms with Gasteiger partial charge in [0.1, 0.15) is 11.2 Å². The molecule has 1 N–H and O–H groups in total. The lowest BCUT2D eigenvalue weighted by Gasteiger charge is -2.52. The third kappa shape index (κ3) is 3.59. The Morgan fingerprint density at radius 1 is 1.23 bits per heavy atom. The maximum atomic E-state index is 15.7. The fourth-order valence-corrected chi connectivity index (χ4v) is 5.01. The van der Waals surface area contributed by atoms with Crippen molar-refractivity contribution >= 4 is 17.2 Å². The van der Waals surface area contributed by atoms with Gasteiger partial charge in [0, 0.05) is 43.4 Å². The van der Waals surface area contributed by atoms with E-state index in [4.69, 9.17) is 9.47 Å². The summed E-state index contributed by atoms with van der Waals surface area (Å²) in [5.41, 5.74) is -0.509. The van der Waals surface area contributed by atoms with Crippen LogP contribution in [0.15, 0.2) is 31.0 Å². The van der Waals surface area contributed by atoms with Crippen LogP contribution in [0.1, 0.15) is 20.3 Å². The van der Waals surface area contributed by atoms with Gasteiger partial charge < -0.3 is 14.8 Å². The Labute approximate surface area is 199 Å². The Morgan fingerprint density at radius 3 is 2.77 bits per heavy atom. The Morgan fingerprint density at radius 2 is 2.06 bits per heavy atom. The molecule has 2 saturated heterocycles. The number of anilines is 1. The second-order valence-electron chi connectivity index (χ2n) is 9.74. The minimum atomic E-state index is -1.53. The van der Waals surface area contributed by atoms with Gasteiger partial charge >= 0.3 is 0 Å². The molecule has 12 heteroatoms. The summed E-state index contributed by atoms with van der Waals surface area (Å²) in [4.78, 5) is 15.0. The predicted molar refractivity (Wildman–Crippen MR) is 124 cm³/mol. The average Bonchev–Trinajstić information content (AvgIpc) is 3.40. The number of fused-ring (bicyclic) bond motifs is 2. The molecule has 6 rings (SSSR count). The number of nitrogens with zero attached hydrogens (tertiary/aromatic N) is 7. The molecule has 6 heterocycles. The molecule has 2 aliphatic rings. The van der Waals surface area contributed by atoms with Crippen LogP contribution in [-0.4, -0.2) is 84.5 Å². The quantitative estimate of drug-likeness (QED) is 0.462. The van der Waals surface area contributed by atoms with Crippen molar-refractivity contribution in [3.05, 3.63) is 36.8 Å². The Balaban J connectivity index is 1.32. The first-order valence-corrected chi connectivity index (χ1v) is 11.5. The number of methoxy groups -OCH3 is 1. The smallest absolute Gasteiger partial charge is 0.244 e. The third-order valence-corrected chi connectivity index (χ3v) is 7.09. The number of likely N-dealkylation sites (tertiary alicyclic amines) is 1. The molecular formula is C23H26F2N8O2. The first-order chi connectivity index (χ1) is 16.8. The molecule has 10 nitrogen and oxygen atoms in total. The Hall–Kier alpha value is -3.38. The van der Waals surface area contributed by atoms with Gasteiger partial charge in [-0.15, -0.1) is 5.10 Å². The molecular weight excluding hydrogens is 458 g/mol. The average molecular weight is 485 g/mol. The topological polar surface area (TPSA) is 94.1 Å². The van der Waals surface area contributed by atoms with Gasteiger partial charge in [-0.1, -0.05) is 0 Å². The highest BCUT2D eigenvalue weighted by atomic mass is 19.1. The van der Waals surface area contributed by atoms with Gasteiger partial charge in [-0.2, -0.15) is 4.98 Å². The van der Waals surface area contributed by atoms with Crippen LogP contribution in [0, 0.1) is 5.82 Å². The Kier molecular flexibility index (Phi) is 4.94. The van der Waals surface area contributed by atoms with Crippen LogP contribution in [0.25, 0.3) is 22.4 Å². The van der Waals surface area contributed by atoms with Crippen molar-refractivity contribution in [1.82, 2.24) is 33.9 Å². The molecule has 0 spiro atoms. The minimum Gasteiger partial charge on any atom is -0.479 e. The van der Waals surface area contributed by atoms with Gasteiger partial charge in [0.2, 0.25) is 17.6 Å². The van der Waals surface area contributed by atoms with E-state index < -0.39 is 17.5 Å². The standard InChI is InChI=1S/C23H26F2N8O2/c1-22(12-35-13-22)32-6-4-16(23(2,25)11-32)28-20-29-19(34-3)18-17(15(24)10-33(18)30-20)14-8-27-21-26-5-7-31(21)9-14/h5,7-10,16H,4,6,11-13H2,1-3H3,(H,28,30)/t16-,23?/m1/s1. The molecule has 0 bridgehead atoms. The molecule has 0 amide bonds. The number of ether oxygens (including phenoxy) is 2. The molecule has 4 aromatic heterocycles. The summed E-state index contributed by atoms with van der Waals surface area (Å²) in [5.74, 6) is 0.339. The predicted octanol–water partition coefficient (Wildman–Crippen LogP) is 2.59. The molecule has 0 aliphatic carbocycles. The van der Waals surface area contributed by atoms with Crippen LogP contribution in [0.2, 0.25) is 0 Å². The molecule has 0 saturated carbocycles. The molecule has 0 radical (unpaired) electrons. The second kappa shape index (κ2) is 7.82. The summed E-state index contributed by atoms with van der Waals surface area (Å²) in [7, 11) is 1.46. The van der Waals surface area contributed by atoms with Crippen LogP contribution < -0.4 is 10.1 Å². The number of piperidine rings is 1. The third-order valence-electron chi connectivity index (χ3n) is 7.09. The monoisotopic (exact) mass is 484 g/mol. The maximum Gasteiger partial charge on any atom is 0.244 e. The molecule has 1 unspecified atom stereocenters. The van der Waals surface area contributed by atoms with E-state index >= 15 is 8.78 Å². The highest BCUT2D eigenvalue weighted by Crippen LogP contribution is 2.36. The van der Waals surface area contributed by atoms with E-state index in [-0.39, 0.29) is 29.5 Å². The lowest BCUT2D eigenvalue weighted by atomic mass is 9.86. The summed E-state index contributed by atoms with van der Waals surface area (Å²) in [6, 6.07) is -0.516. The molecule has 4 aromatic rings. The van der Waals surface area contributed by atoms with E-state index in [1.807, 2.05) is 0 Å². The van der Waals surface area contributed by atoms with Crippen LogP contribution in [0.3, 0.4) is 0 Å². The van der Waals surface area contributed by atoms with E-state index in [1.165, 1.54) is 17.8 Å². The van der Waals surface area contributed by atoms with Crippen molar-refractivity contribution in [3.63, 3.8) is 0 Å². The fraction of sp³-hybridized carbons (Fsp3) is 0.478. The van der Waals surface area contributed by atoms with Gasteiger partial charge in [0.15, 0.2) is 5.82 Å². The van der Waals surface area contributed by atoms with Crippen molar-refractivity contribution in [2.45, 2.75) is 37.5 Å². The Bertz CT molecular complexity index is 1410. The van der Waals surface area contributed by atoms with Gasteiger partial charge in [0.25, 0.3) is 0 Å².